The van der Waals surface area contributed by atoms with Gasteiger partial charge in [-0.3, -0.25) is 0 Å². The quantitative estimate of drug-likeness (QED) is 0.799. The molecule has 1 aliphatic rings. The highest BCUT2D eigenvalue weighted by Gasteiger charge is 2.29. The molecule has 0 saturated heterocycles. The minimum atomic E-state index is 0.337. The van der Waals surface area contributed by atoms with E-state index in [2.05, 4.69) is 20.1 Å². The SMILES string of the molecule is Nc1ncnc2c1c(Oc1cc(Cl)ccn1)nn2C1CC1. The fourth-order valence-corrected chi connectivity index (χ4v) is 2.30. The third-order valence-electron chi connectivity index (χ3n) is 3.28. The lowest BCUT2D eigenvalue weighted by Gasteiger charge is -2.02. The molecule has 3 aromatic rings. The Morgan fingerprint density at radius 2 is 2.14 bits per heavy atom. The van der Waals surface area contributed by atoms with E-state index in [-0.39, 0.29) is 0 Å². The zero-order chi connectivity index (χ0) is 14.4. The van der Waals surface area contributed by atoms with Crippen LogP contribution in [0.25, 0.3) is 11.0 Å². The summed E-state index contributed by atoms with van der Waals surface area (Å²) in [5.41, 5.74) is 6.63. The average Bonchev–Trinajstić information content (AvgIpc) is 3.23. The lowest BCUT2D eigenvalue weighted by Crippen LogP contribution is -1.98. The maximum Gasteiger partial charge on any atom is 0.253 e. The number of ether oxygens (including phenoxy) is 1. The standard InChI is InChI=1S/C13H11ClN6O/c14-7-3-4-16-9(5-7)21-13-10-11(15)17-6-18-12(10)20(19-13)8-1-2-8/h3-6,8H,1-2H2,(H2,15,17,18). The first-order valence-corrected chi connectivity index (χ1v) is 6.88. The molecule has 4 rings (SSSR count). The van der Waals surface area contributed by atoms with Crippen LogP contribution in [-0.4, -0.2) is 24.7 Å². The van der Waals surface area contributed by atoms with Gasteiger partial charge in [0.2, 0.25) is 5.88 Å². The molecular formula is C13H11ClN6O. The minimum Gasteiger partial charge on any atom is -0.418 e. The molecule has 1 fully saturated rings. The second-order valence-corrected chi connectivity index (χ2v) is 5.29. The first kappa shape index (κ1) is 12.3. The van der Waals surface area contributed by atoms with Gasteiger partial charge in [0.15, 0.2) is 5.65 Å². The molecule has 0 spiro atoms. The average molecular weight is 303 g/mol. The molecule has 21 heavy (non-hydrogen) atoms. The molecule has 3 heterocycles. The molecule has 1 aliphatic carbocycles. The summed E-state index contributed by atoms with van der Waals surface area (Å²) in [5.74, 6) is 1.04. The van der Waals surface area contributed by atoms with Crippen LogP contribution >= 0.6 is 11.6 Å². The predicted molar refractivity (Wildman–Crippen MR) is 77.3 cm³/mol. The van der Waals surface area contributed by atoms with Gasteiger partial charge in [-0.15, -0.1) is 5.10 Å². The Kier molecular flexibility index (Phi) is 2.68. The number of nitrogens with two attached hydrogens (primary N) is 1. The summed E-state index contributed by atoms with van der Waals surface area (Å²) >= 11 is 5.93. The van der Waals surface area contributed by atoms with Crippen LogP contribution in [0.2, 0.25) is 5.02 Å². The van der Waals surface area contributed by atoms with Gasteiger partial charge in [0.05, 0.1) is 6.04 Å². The number of hydrogen-bond donors (Lipinski definition) is 1. The minimum absolute atomic E-state index is 0.337. The van der Waals surface area contributed by atoms with Crippen LogP contribution in [0.15, 0.2) is 24.7 Å². The van der Waals surface area contributed by atoms with Crippen LogP contribution < -0.4 is 10.5 Å². The highest BCUT2D eigenvalue weighted by Crippen LogP contribution is 2.40. The van der Waals surface area contributed by atoms with Crippen molar-refractivity contribution in [3.05, 3.63) is 29.7 Å². The third kappa shape index (κ3) is 2.15. The van der Waals surface area contributed by atoms with E-state index in [1.807, 2.05) is 4.68 Å². The van der Waals surface area contributed by atoms with Crippen LogP contribution in [0.3, 0.4) is 0 Å². The van der Waals surface area contributed by atoms with Gasteiger partial charge in [-0.25, -0.2) is 19.6 Å². The van der Waals surface area contributed by atoms with E-state index < -0.39 is 0 Å². The van der Waals surface area contributed by atoms with Crippen molar-refractivity contribution < 1.29 is 4.74 Å². The molecule has 0 amide bonds. The molecule has 3 aromatic heterocycles. The smallest absolute Gasteiger partial charge is 0.253 e. The molecule has 0 radical (unpaired) electrons. The summed E-state index contributed by atoms with van der Waals surface area (Å²) in [6.45, 7) is 0. The monoisotopic (exact) mass is 302 g/mol. The number of rotatable bonds is 3. The van der Waals surface area contributed by atoms with Gasteiger partial charge in [-0.2, -0.15) is 0 Å². The molecule has 1 saturated carbocycles. The van der Waals surface area contributed by atoms with Gasteiger partial charge in [0.25, 0.3) is 5.88 Å². The third-order valence-corrected chi connectivity index (χ3v) is 3.51. The number of pyridine rings is 1. The van der Waals surface area contributed by atoms with E-state index in [0.717, 1.165) is 12.8 Å². The topological polar surface area (TPSA) is 91.7 Å². The van der Waals surface area contributed by atoms with Gasteiger partial charge in [-0.05, 0) is 18.9 Å². The second kappa shape index (κ2) is 4.56. The number of nitrogen functional groups attached to an aromatic ring is 1. The summed E-state index contributed by atoms with van der Waals surface area (Å²) in [6, 6.07) is 3.64. The Labute approximate surface area is 124 Å². The molecule has 0 bridgehead atoms. The molecule has 106 valence electrons. The van der Waals surface area contributed by atoms with Crippen LogP contribution in [0, 0.1) is 0 Å². The first-order valence-electron chi connectivity index (χ1n) is 6.50. The summed E-state index contributed by atoms with van der Waals surface area (Å²) in [6.07, 6.45) is 5.16. The summed E-state index contributed by atoms with van der Waals surface area (Å²) in [4.78, 5) is 12.4. The van der Waals surface area contributed by atoms with Gasteiger partial charge < -0.3 is 10.5 Å². The fourth-order valence-electron chi connectivity index (χ4n) is 2.15. The van der Waals surface area contributed by atoms with Crippen molar-refractivity contribution >= 4 is 28.5 Å². The second-order valence-electron chi connectivity index (χ2n) is 4.85. The van der Waals surface area contributed by atoms with Crippen molar-refractivity contribution in [2.24, 2.45) is 0 Å². The van der Waals surface area contributed by atoms with Crippen molar-refractivity contribution in [1.82, 2.24) is 24.7 Å². The highest BCUT2D eigenvalue weighted by molar-refractivity contribution is 6.30. The summed E-state index contributed by atoms with van der Waals surface area (Å²) in [7, 11) is 0. The van der Waals surface area contributed by atoms with Gasteiger partial charge in [0, 0.05) is 17.3 Å². The lowest BCUT2D eigenvalue weighted by molar-refractivity contribution is 0.436. The van der Waals surface area contributed by atoms with Gasteiger partial charge >= 0.3 is 0 Å². The molecule has 0 aliphatic heterocycles. The Morgan fingerprint density at radius 3 is 2.90 bits per heavy atom. The number of aromatic nitrogens is 5. The Balaban J connectivity index is 1.84. The van der Waals surface area contributed by atoms with E-state index in [4.69, 9.17) is 22.1 Å². The van der Waals surface area contributed by atoms with Crippen LogP contribution in [0.5, 0.6) is 11.8 Å². The van der Waals surface area contributed by atoms with E-state index in [0.29, 0.717) is 39.7 Å². The number of anilines is 1. The van der Waals surface area contributed by atoms with Gasteiger partial charge in [0.1, 0.15) is 17.5 Å². The Morgan fingerprint density at radius 1 is 1.29 bits per heavy atom. The summed E-state index contributed by atoms with van der Waals surface area (Å²) in [5, 5.41) is 5.61. The van der Waals surface area contributed by atoms with Crippen molar-refractivity contribution in [1.29, 1.82) is 0 Å². The lowest BCUT2D eigenvalue weighted by atomic mass is 10.4. The molecule has 0 atom stereocenters. The van der Waals surface area contributed by atoms with Gasteiger partial charge in [-0.1, -0.05) is 11.6 Å². The first-order chi connectivity index (χ1) is 10.2. The van der Waals surface area contributed by atoms with E-state index >= 15 is 0 Å². The van der Waals surface area contributed by atoms with Crippen LogP contribution in [0.1, 0.15) is 18.9 Å². The maximum absolute atomic E-state index is 5.94. The van der Waals surface area contributed by atoms with Crippen LogP contribution in [-0.2, 0) is 0 Å². The summed E-state index contributed by atoms with van der Waals surface area (Å²) < 4.78 is 7.56. The molecule has 8 heteroatoms. The predicted octanol–water partition coefficient (Wildman–Crippen LogP) is 2.58. The molecular weight excluding hydrogens is 292 g/mol. The van der Waals surface area contributed by atoms with E-state index in [1.165, 1.54) is 6.33 Å². The number of fused-ring (bicyclic) bond motifs is 1. The molecule has 0 aromatic carbocycles. The fraction of sp³-hybridized carbons (Fsp3) is 0.231. The highest BCUT2D eigenvalue weighted by atomic mass is 35.5. The molecule has 0 unspecified atom stereocenters. The number of hydrogen-bond acceptors (Lipinski definition) is 6. The number of halogens is 1. The maximum atomic E-state index is 5.94. The van der Waals surface area contributed by atoms with Crippen molar-refractivity contribution in [2.75, 3.05) is 5.73 Å². The van der Waals surface area contributed by atoms with Crippen LogP contribution in [0.4, 0.5) is 5.82 Å². The zero-order valence-electron chi connectivity index (χ0n) is 10.9. The van der Waals surface area contributed by atoms with Crippen molar-refractivity contribution in [3.63, 3.8) is 0 Å². The normalized spacial score (nSPS) is 14.5. The number of nitrogens with zero attached hydrogens (tertiary/aromatic N) is 5. The van der Waals surface area contributed by atoms with E-state index in [1.54, 1.807) is 18.3 Å². The molecule has 2 N–H and O–H groups in total. The molecule has 7 nitrogen and oxygen atoms in total. The Hall–Kier alpha value is -2.41. The van der Waals surface area contributed by atoms with E-state index in [9.17, 15) is 0 Å². The Bertz CT molecular complexity index is 829. The van der Waals surface area contributed by atoms with Crippen molar-refractivity contribution in [3.8, 4) is 11.8 Å². The zero-order valence-corrected chi connectivity index (χ0v) is 11.7. The largest absolute Gasteiger partial charge is 0.418 e. The van der Waals surface area contributed by atoms with Crippen molar-refractivity contribution in [2.45, 2.75) is 18.9 Å².